The van der Waals surface area contributed by atoms with E-state index in [0.29, 0.717) is 17.4 Å². The molecule has 0 saturated heterocycles. The summed E-state index contributed by atoms with van der Waals surface area (Å²) in [4.78, 5) is 0.564. The molecule has 1 aromatic rings. The summed E-state index contributed by atoms with van der Waals surface area (Å²) < 4.78 is 27.3. The topological polar surface area (TPSA) is 46.2 Å². The first-order valence-electron chi connectivity index (χ1n) is 7.14. The largest absolute Gasteiger partial charge is 0.240 e. The predicted octanol–water partition coefficient (Wildman–Crippen LogP) is 3.26. The first-order valence-corrected chi connectivity index (χ1v) is 9.54. The van der Waals surface area contributed by atoms with Crippen LogP contribution in [-0.4, -0.2) is 19.8 Å². The number of halogens is 1. The van der Waals surface area contributed by atoms with Gasteiger partial charge in [-0.25, -0.2) is 13.1 Å². The quantitative estimate of drug-likeness (QED) is 0.792. The molecule has 0 amide bonds. The van der Waals surface area contributed by atoms with E-state index in [1.807, 2.05) is 12.1 Å². The van der Waals surface area contributed by atoms with Crippen LogP contribution in [0.2, 0.25) is 0 Å². The smallest absolute Gasteiger partial charge is 0.210 e. The van der Waals surface area contributed by atoms with E-state index < -0.39 is 10.0 Å². The molecule has 1 N–H and O–H groups in total. The average Bonchev–Trinajstić information content (AvgIpc) is 2.83. The van der Waals surface area contributed by atoms with Gasteiger partial charge in [0, 0.05) is 11.4 Å². The van der Waals surface area contributed by atoms with Gasteiger partial charge in [0.15, 0.2) is 0 Å². The first kappa shape index (κ1) is 16.0. The number of aryl methyl sites for hydroxylation is 2. The van der Waals surface area contributed by atoms with Crippen LogP contribution in [0.3, 0.4) is 0 Å². The highest BCUT2D eigenvalue weighted by atomic mass is 79.9. The minimum atomic E-state index is -3.39. The van der Waals surface area contributed by atoms with Gasteiger partial charge in [-0.2, -0.15) is 0 Å². The molecule has 0 fully saturated rings. The molecule has 1 aliphatic carbocycles. The molecule has 0 spiro atoms. The summed E-state index contributed by atoms with van der Waals surface area (Å²) in [5.41, 5.74) is 2.48. The molecule has 20 heavy (non-hydrogen) atoms. The van der Waals surface area contributed by atoms with E-state index in [4.69, 9.17) is 0 Å². The van der Waals surface area contributed by atoms with Crippen molar-refractivity contribution < 1.29 is 8.42 Å². The minimum absolute atomic E-state index is 0.173. The number of hydrogen-bond acceptors (Lipinski definition) is 2. The molecule has 1 unspecified atom stereocenters. The van der Waals surface area contributed by atoms with Crippen molar-refractivity contribution in [3.8, 4) is 0 Å². The number of alkyl halides is 1. The lowest BCUT2D eigenvalue weighted by Gasteiger charge is -2.14. The molecule has 0 saturated carbocycles. The number of hydrogen-bond donors (Lipinski definition) is 1. The summed E-state index contributed by atoms with van der Waals surface area (Å²) in [6, 6.07) is 5.51. The zero-order chi connectivity index (χ0) is 14.8. The van der Waals surface area contributed by atoms with Crippen molar-refractivity contribution in [1.29, 1.82) is 0 Å². The molecule has 2 rings (SSSR count). The number of fused-ring (bicyclic) bond motifs is 1. The normalized spacial score (nSPS) is 16.4. The molecule has 1 atom stereocenters. The Morgan fingerprint density at radius 2 is 1.95 bits per heavy atom. The fourth-order valence-electron chi connectivity index (χ4n) is 2.59. The second-order valence-corrected chi connectivity index (χ2v) is 8.92. The van der Waals surface area contributed by atoms with E-state index in [1.54, 1.807) is 6.07 Å². The molecule has 112 valence electrons. The van der Waals surface area contributed by atoms with Crippen molar-refractivity contribution in [3.63, 3.8) is 0 Å². The van der Waals surface area contributed by atoms with E-state index in [-0.39, 0.29) is 4.83 Å². The molecule has 1 aromatic carbocycles. The standard InChI is InChI=1S/C15H22BrNO2S/c1-11(2)8-14(16)10-17-20(18,19)15-7-6-12-4-3-5-13(12)9-15/h6-7,9,11,14,17H,3-5,8,10H2,1-2H3. The Kier molecular flexibility index (Phi) is 5.26. The summed E-state index contributed by atoms with van der Waals surface area (Å²) in [7, 11) is -3.39. The van der Waals surface area contributed by atoms with E-state index in [2.05, 4.69) is 34.5 Å². The van der Waals surface area contributed by atoms with Crippen molar-refractivity contribution in [2.45, 2.75) is 49.3 Å². The average molecular weight is 360 g/mol. The van der Waals surface area contributed by atoms with Crippen molar-refractivity contribution in [2.24, 2.45) is 5.92 Å². The molecular weight excluding hydrogens is 338 g/mol. The Hall–Kier alpha value is -0.390. The molecule has 3 nitrogen and oxygen atoms in total. The maximum atomic E-state index is 12.3. The minimum Gasteiger partial charge on any atom is -0.210 e. The zero-order valence-corrected chi connectivity index (χ0v) is 14.4. The van der Waals surface area contributed by atoms with Gasteiger partial charge >= 0.3 is 0 Å². The van der Waals surface area contributed by atoms with Crippen LogP contribution >= 0.6 is 15.9 Å². The Morgan fingerprint density at radius 3 is 2.65 bits per heavy atom. The molecule has 0 radical (unpaired) electrons. The SMILES string of the molecule is CC(C)CC(Br)CNS(=O)(=O)c1ccc2c(c1)CCC2. The summed E-state index contributed by atoms with van der Waals surface area (Å²) >= 11 is 3.53. The van der Waals surface area contributed by atoms with Gasteiger partial charge in [0.05, 0.1) is 4.90 Å². The van der Waals surface area contributed by atoms with E-state index >= 15 is 0 Å². The third kappa shape index (κ3) is 4.06. The molecule has 0 heterocycles. The number of nitrogens with one attached hydrogen (secondary N) is 1. The Labute approximate surface area is 130 Å². The Bertz CT molecular complexity index is 569. The van der Waals surface area contributed by atoms with Crippen LogP contribution in [0.5, 0.6) is 0 Å². The van der Waals surface area contributed by atoms with Gasteiger partial charge in [0.2, 0.25) is 10.0 Å². The number of sulfonamides is 1. The molecule has 0 aliphatic heterocycles. The van der Waals surface area contributed by atoms with Gasteiger partial charge in [-0.3, -0.25) is 0 Å². The summed E-state index contributed by atoms with van der Waals surface area (Å²) in [6.45, 7) is 4.68. The van der Waals surface area contributed by atoms with Gasteiger partial charge in [0.1, 0.15) is 0 Å². The number of rotatable bonds is 6. The second kappa shape index (κ2) is 6.58. The lowest BCUT2D eigenvalue weighted by molar-refractivity contribution is 0.551. The Morgan fingerprint density at radius 1 is 1.25 bits per heavy atom. The summed E-state index contributed by atoms with van der Waals surface area (Å²) in [5, 5.41) is 0. The fraction of sp³-hybridized carbons (Fsp3) is 0.600. The lowest BCUT2D eigenvalue weighted by atomic mass is 10.1. The van der Waals surface area contributed by atoms with Crippen LogP contribution in [0.25, 0.3) is 0 Å². The molecule has 0 bridgehead atoms. The molecule has 5 heteroatoms. The van der Waals surface area contributed by atoms with Crippen LogP contribution in [0, 0.1) is 5.92 Å². The van der Waals surface area contributed by atoms with Crippen molar-refractivity contribution in [3.05, 3.63) is 29.3 Å². The molecule has 1 aliphatic rings. The number of benzene rings is 1. The van der Waals surface area contributed by atoms with Gasteiger partial charge in [0.25, 0.3) is 0 Å². The van der Waals surface area contributed by atoms with Crippen LogP contribution in [0.1, 0.15) is 37.8 Å². The third-order valence-corrected chi connectivity index (χ3v) is 5.72. The predicted molar refractivity (Wildman–Crippen MR) is 85.8 cm³/mol. The van der Waals surface area contributed by atoms with Crippen LogP contribution in [-0.2, 0) is 22.9 Å². The molecular formula is C15H22BrNO2S. The zero-order valence-electron chi connectivity index (χ0n) is 12.0. The van der Waals surface area contributed by atoms with Gasteiger partial charge in [-0.1, -0.05) is 35.8 Å². The summed E-state index contributed by atoms with van der Waals surface area (Å²) in [5.74, 6) is 0.545. The van der Waals surface area contributed by atoms with Gasteiger partial charge < -0.3 is 0 Å². The maximum absolute atomic E-state index is 12.3. The van der Waals surface area contributed by atoms with Gasteiger partial charge in [-0.05, 0) is 54.9 Å². The fourth-order valence-corrected chi connectivity index (χ4v) is 4.85. The highest BCUT2D eigenvalue weighted by Crippen LogP contribution is 2.24. The van der Waals surface area contributed by atoms with Crippen molar-refractivity contribution in [1.82, 2.24) is 4.72 Å². The highest BCUT2D eigenvalue weighted by molar-refractivity contribution is 9.09. The van der Waals surface area contributed by atoms with Crippen molar-refractivity contribution >= 4 is 26.0 Å². The molecule has 0 aromatic heterocycles. The van der Waals surface area contributed by atoms with Crippen LogP contribution < -0.4 is 4.72 Å². The highest BCUT2D eigenvalue weighted by Gasteiger charge is 2.19. The van der Waals surface area contributed by atoms with Crippen LogP contribution in [0.4, 0.5) is 0 Å². The van der Waals surface area contributed by atoms with E-state index in [0.717, 1.165) is 25.7 Å². The lowest BCUT2D eigenvalue weighted by Crippen LogP contribution is -2.30. The second-order valence-electron chi connectivity index (χ2n) is 5.86. The van der Waals surface area contributed by atoms with Crippen molar-refractivity contribution in [2.75, 3.05) is 6.54 Å². The Balaban J connectivity index is 2.03. The van der Waals surface area contributed by atoms with E-state index in [9.17, 15) is 8.42 Å². The summed E-state index contributed by atoms with van der Waals surface area (Å²) in [6.07, 6.45) is 4.14. The monoisotopic (exact) mass is 359 g/mol. The first-order chi connectivity index (χ1) is 9.38. The van der Waals surface area contributed by atoms with Crippen LogP contribution in [0.15, 0.2) is 23.1 Å². The maximum Gasteiger partial charge on any atom is 0.240 e. The van der Waals surface area contributed by atoms with Gasteiger partial charge in [-0.15, -0.1) is 0 Å². The third-order valence-electron chi connectivity index (χ3n) is 3.60. The van der Waals surface area contributed by atoms with E-state index in [1.165, 1.54) is 11.1 Å².